The average molecular weight is 344 g/mol. The van der Waals surface area contributed by atoms with Gasteiger partial charge >= 0.3 is 0 Å². The van der Waals surface area contributed by atoms with Gasteiger partial charge in [-0.25, -0.2) is 4.68 Å². The van der Waals surface area contributed by atoms with Crippen molar-refractivity contribution < 1.29 is 4.74 Å². The first-order valence-electron chi connectivity index (χ1n) is 7.54. The van der Waals surface area contributed by atoms with Crippen LogP contribution in [0.25, 0.3) is 10.8 Å². The number of ether oxygens (including phenoxy) is 1. The van der Waals surface area contributed by atoms with Crippen LogP contribution in [0.4, 0.5) is 0 Å². The molecule has 0 radical (unpaired) electrons. The predicted octanol–water partition coefficient (Wildman–Crippen LogP) is 3.15. The zero-order valence-electron chi connectivity index (χ0n) is 13.6. The van der Waals surface area contributed by atoms with E-state index in [0.29, 0.717) is 23.6 Å². The van der Waals surface area contributed by atoms with Gasteiger partial charge < -0.3 is 4.74 Å². The Hall–Kier alpha value is -2.37. The first-order valence-corrected chi connectivity index (χ1v) is 7.92. The zero-order valence-corrected chi connectivity index (χ0v) is 14.3. The molecule has 24 heavy (non-hydrogen) atoms. The van der Waals surface area contributed by atoms with Crippen molar-refractivity contribution in [3.8, 4) is 5.75 Å². The fraction of sp³-hybridized carbons (Fsp3) is 0.222. The van der Waals surface area contributed by atoms with Crippen LogP contribution >= 0.6 is 11.6 Å². The van der Waals surface area contributed by atoms with Crippen LogP contribution in [0.15, 0.2) is 53.5 Å². The molecule has 0 fully saturated rings. The largest absolute Gasteiger partial charge is 0.496 e. The lowest BCUT2D eigenvalue weighted by Gasteiger charge is -2.19. The van der Waals surface area contributed by atoms with Crippen molar-refractivity contribution in [2.24, 2.45) is 0 Å². The quantitative estimate of drug-likeness (QED) is 0.714. The molecule has 0 aliphatic rings. The number of aromatic nitrogens is 2. The lowest BCUT2D eigenvalue weighted by molar-refractivity contribution is 0.237. The first-order chi connectivity index (χ1) is 11.6. The van der Waals surface area contributed by atoms with E-state index in [1.807, 2.05) is 48.3 Å². The van der Waals surface area contributed by atoms with Gasteiger partial charge in [-0.1, -0.05) is 29.8 Å². The highest BCUT2D eigenvalue weighted by Crippen LogP contribution is 2.23. The molecule has 0 amide bonds. The number of benzene rings is 2. The van der Waals surface area contributed by atoms with Crippen LogP contribution < -0.4 is 10.3 Å². The molecule has 0 aliphatic carbocycles. The lowest BCUT2D eigenvalue weighted by atomic mass is 10.2. The Labute approximate surface area is 145 Å². The molecule has 0 aliphatic heterocycles. The van der Waals surface area contributed by atoms with Crippen molar-refractivity contribution in [3.05, 3.63) is 69.6 Å². The third-order valence-corrected chi connectivity index (χ3v) is 4.06. The number of rotatable bonds is 5. The van der Waals surface area contributed by atoms with Gasteiger partial charge in [0.2, 0.25) is 0 Å². The van der Waals surface area contributed by atoms with E-state index in [9.17, 15) is 4.79 Å². The summed E-state index contributed by atoms with van der Waals surface area (Å²) in [4.78, 5) is 14.5. The molecule has 6 heteroatoms. The predicted molar refractivity (Wildman–Crippen MR) is 95.5 cm³/mol. The topological polar surface area (TPSA) is 47.4 Å². The highest BCUT2D eigenvalue weighted by molar-refractivity contribution is 6.30. The Kier molecular flexibility index (Phi) is 4.83. The van der Waals surface area contributed by atoms with E-state index >= 15 is 0 Å². The molecule has 2 aromatic carbocycles. The fourth-order valence-electron chi connectivity index (χ4n) is 2.67. The van der Waals surface area contributed by atoms with Gasteiger partial charge in [0.25, 0.3) is 5.56 Å². The molecule has 0 saturated heterocycles. The van der Waals surface area contributed by atoms with E-state index in [2.05, 4.69) is 5.10 Å². The van der Waals surface area contributed by atoms with E-state index in [1.165, 1.54) is 4.68 Å². The van der Waals surface area contributed by atoms with Gasteiger partial charge in [0.1, 0.15) is 5.75 Å². The summed E-state index contributed by atoms with van der Waals surface area (Å²) in [5.74, 6) is 0.769. The van der Waals surface area contributed by atoms with Gasteiger partial charge in [-0.3, -0.25) is 9.69 Å². The van der Waals surface area contributed by atoms with Gasteiger partial charge in [0, 0.05) is 22.5 Å². The minimum Gasteiger partial charge on any atom is -0.496 e. The summed E-state index contributed by atoms with van der Waals surface area (Å²) in [5, 5.41) is 6.42. The van der Waals surface area contributed by atoms with Crippen LogP contribution in [-0.2, 0) is 13.2 Å². The van der Waals surface area contributed by atoms with Crippen molar-refractivity contribution in [2.45, 2.75) is 13.2 Å². The minimum atomic E-state index is -0.0991. The van der Waals surface area contributed by atoms with Crippen LogP contribution in [0.5, 0.6) is 5.75 Å². The molecule has 124 valence electrons. The molecule has 0 atom stereocenters. The molecule has 3 rings (SSSR count). The number of fused-ring (bicyclic) bond motifs is 1. The Morgan fingerprint density at radius 3 is 2.83 bits per heavy atom. The minimum absolute atomic E-state index is 0.0991. The Morgan fingerprint density at radius 1 is 1.25 bits per heavy atom. The molecule has 0 unspecified atom stereocenters. The Balaban J connectivity index is 1.83. The smallest absolute Gasteiger partial charge is 0.275 e. The van der Waals surface area contributed by atoms with E-state index in [-0.39, 0.29) is 5.56 Å². The van der Waals surface area contributed by atoms with Crippen molar-refractivity contribution in [3.63, 3.8) is 0 Å². The molecule has 0 N–H and O–H groups in total. The van der Waals surface area contributed by atoms with Crippen molar-refractivity contribution in [1.82, 2.24) is 14.7 Å². The number of methoxy groups -OCH3 is 1. The van der Waals surface area contributed by atoms with Crippen LogP contribution in [0, 0.1) is 0 Å². The van der Waals surface area contributed by atoms with E-state index in [1.54, 1.807) is 19.4 Å². The summed E-state index contributed by atoms with van der Waals surface area (Å²) in [6.07, 6.45) is 1.71. The maximum Gasteiger partial charge on any atom is 0.275 e. The van der Waals surface area contributed by atoms with Gasteiger partial charge in [0.05, 0.1) is 25.4 Å². The number of hydrogen-bond donors (Lipinski definition) is 0. The Bertz CT molecular complexity index is 924. The van der Waals surface area contributed by atoms with Gasteiger partial charge in [0.15, 0.2) is 0 Å². The average Bonchev–Trinajstić information content (AvgIpc) is 2.58. The molecular formula is C18H18ClN3O2. The number of hydrogen-bond acceptors (Lipinski definition) is 4. The highest BCUT2D eigenvalue weighted by Gasteiger charge is 2.10. The number of halogens is 1. The van der Waals surface area contributed by atoms with Crippen molar-refractivity contribution in [1.29, 1.82) is 0 Å². The van der Waals surface area contributed by atoms with E-state index < -0.39 is 0 Å². The van der Waals surface area contributed by atoms with E-state index in [0.717, 1.165) is 16.7 Å². The van der Waals surface area contributed by atoms with Crippen LogP contribution in [0.3, 0.4) is 0 Å². The molecule has 1 aromatic heterocycles. The van der Waals surface area contributed by atoms with Crippen LogP contribution in [0.2, 0.25) is 5.02 Å². The zero-order chi connectivity index (χ0) is 17.1. The summed E-state index contributed by atoms with van der Waals surface area (Å²) in [6, 6.07) is 12.9. The summed E-state index contributed by atoms with van der Waals surface area (Å²) in [7, 11) is 3.55. The first kappa shape index (κ1) is 16.5. The van der Waals surface area contributed by atoms with Crippen molar-refractivity contribution >= 4 is 22.4 Å². The second-order valence-electron chi connectivity index (χ2n) is 5.65. The van der Waals surface area contributed by atoms with Crippen LogP contribution in [-0.4, -0.2) is 28.8 Å². The van der Waals surface area contributed by atoms with E-state index in [4.69, 9.17) is 16.3 Å². The number of nitrogens with zero attached hydrogens (tertiary/aromatic N) is 3. The maximum atomic E-state index is 12.5. The summed E-state index contributed by atoms with van der Waals surface area (Å²) >= 11 is 6.07. The molecule has 1 heterocycles. The standard InChI is InChI=1S/C18H18ClN3O2/c1-21(11-14-9-15(19)7-8-17(14)24-2)12-22-18(23)16-6-4-3-5-13(16)10-20-22/h3-10H,11-12H2,1-2H3. The van der Waals surface area contributed by atoms with Gasteiger partial charge in [-0.05, 0) is 31.3 Å². The fourth-order valence-corrected chi connectivity index (χ4v) is 2.86. The third-order valence-electron chi connectivity index (χ3n) is 3.82. The summed E-state index contributed by atoms with van der Waals surface area (Å²) in [6.45, 7) is 0.962. The second kappa shape index (κ2) is 7.03. The summed E-state index contributed by atoms with van der Waals surface area (Å²) < 4.78 is 6.82. The summed E-state index contributed by atoms with van der Waals surface area (Å²) in [5.41, 5.74) is 0.861. The second-order valence-corrected chi connectivity index (χ2v) is 6.08. The lowest BCUT2D eigenvalue weighted by Crippen LogP contribution is -2.31. The van der Waals surface area contributed by atoms with Gasteiger partial charge in [-0.2, -0.15) is 5.10 Å². The molecule has 0 bridgehead atoms. The van der Waals surface area contributed by atoms with Crippen LogP contribution in [0.1, 0.15) is 5.56 Å². The molecular weight excluding hydrogens is 326 g/mol. The maximum absolute atomic E-state index is 12.5. The van der Waals surface area contributed by atoms with Crippen molar-refractivity contribution in [2.75, 3.05) is 14.2 Å². The SMILES string of the molecule is COc1ccc(Cl)cc1CN(C)Cn1ncc2ccccc2c1=O. The highest BCUT2D eigenvalue weighted by atomic mass is 35.5. The molecule has 0 saturated carbocycles. The monoisotopic (exact) mass is 343 g/mol. The normalized spacial score (nSPS) is 11.2. The third kappa shape index (κ3) is 3.42. The Morgan fingerprint density at radius 2 is 2.04 bits per heavy atom. The molecule has 5 nitrogen and oxygen atoms in total. The molecule has 0 spiro atoms. The van der Waals surface area contributed by atoms with Gasteiger partial charge in [-0.15, -0.1) is 0 Å². The molecule has 3 aromatic rings.